The number of nitrogens with zero attached hydrogens (tertiary/aromatic N) is 3. The van der Waals surface area contributed by atoms with E-state index in [1.807, 2.05) is 6.08 Å². The zero-order chi connectivity index (χ0) is 22.3. The fourth-order valence-corrected chi connectivity index (χ4v) is 5.15. The summed E-state index contributed by atoms with van der Waals surface area (Å²) in [7, 11) is 0. The van der Waals surface area contributed by atoms with Crippen LogP contribution in [0.4, 0.5) is 13.2 Å². The zero-order valence-electron chi connectivity index (χ0n) is 17.4. The van der Waals surface area contributed by atoms with Crippen LogP contribution in [0.15, 0.2) is 47.5 Å². The normalized spacial score (nSPS) is 27.8. The summed E-state index contributed by atoms with van der Waals surface area (Å²) in [6.45, 7) is 1.51. The summed E-state index contributed by atoms with van der Waals surface area (Å²) in [5, 5.41) is 13.2. The first-order valence-corrected chi connectivity index (χ1v) is 11.3. The molecule has 1 aromatic heterocycles. The first-order chi connectivity index (χ1) is 15.4. The monoisotopic (exact) mass is 464 g/mol. The summed E-state index contributed by atoms with van der Waals surface area (Å²) >= 11 is 6.23. The van der Waals surface area contributed by atoms with Crippen molar-refractivity contribution in [2.24, 2.45) is 5.92 Å². The van der Waals surface area contributed by atoms with E-state index in [0.29, 0.717) is 12.3 Å². The van der Waals surface area contributed by atoms with Crippen molar-refractivity contribution in [3.05, 3.63) is 64.7 Å². The smallest absolute Gasteiger partial charge is 0.416 e. The Balaban J connectivity index is 1.26. The standard InChI is InChI=1S/C23H24ClF3N4O/c24-17-5-10-20-15(11-17)12-28-13-21-29-30-22(31(20)21)14-1-6-18(7-2-14)32-19-8-3-16(4-9-19)23(25,26)27/h3-5,8-11,14-15,18,20,28H,1-2,6-7,12-13H2. The molecule has 0 radical (unpaired) electrons. The Morgan fingerprint density at radius 2 is 1.81 bits per heavy atom. The molecular weight excluding hydrogens is 441 g/mol. The molecule has 1 saturated carbocycles. The highest BCUT2D eigenvalue weighted by Crippen LogP contribution is 2.39. The second kappa shape index (κ2) is 8.56. The van der Waals surface area contributed by atoms with Gasteiger partial charge in [-0.05, 0) is 56.0 Å². The topological polar surface area (TPSA) is 52.0 Å². The molecule has 1 fully saturated rings. The minimum atomic E-state index is -4.34. The summed E-state index contributed by atoms with van der Waals surface area (Å²) in [5.41, 5.74) is -0.665. The first kappa shape index (κ1) is 21.5. The minimum Gasteiger partial charge on any atom is -0.490 e. The molecule has 0 spiro atoms. The van der Waals surface area contributed by atoms with E-state index in [1.165, 1.54) is 12.1 Å². The molecule has 5 rings (SSSR count). The quantitative estimate of drug-likeness (QED) is 0.664. The number of hydrogen-bond donors (Lipinski definition) is 1. The number of rotatable bonds is 3. The van der Waals surface area contributed by atoms with E-state index in [-0.39, 0.29) is 24.0 Å². The van der Waals surface area contributed by atoms with Gasteiger partial charge in [-0.2, -0.15) is 13.2 Å². The second-order valence-electron chi connectivity index (χ2n) is 8.65. The van der Waals surface area contributed by atoms with Gasteiger partial charge in [0.25, 0.3) is 0 Å². The number of hydrogen-bond acceptors (Lipinski definition) is 4. The Kier molecular flexibility index (Phi) is 5.75. The van der Waals surface area contributed by atoms with Gasteiger partial charge in [0, 0.05) is 23.4 Å². The highest BCUT2D eigenvalue weighted by molar-refractivity contribution is 6.31. The molecule has 2 atom stereocenters. The van der Waals surface area contributed by atoms with Gasteiger partial charge in [0.15, 0.2) is 0 Å². The molecule has 32 heavy (non-hydrogen) atoms. The SMILES string of the molecule is FC(F)(F)c1ccc(OC2CCC(c3nnc4n3C3C=CC(Cl)=CC3CNC4)CC2)cc1. The van der Waals surface area contributed by atoms with E-state index in [9.17, 15) is 13.2 Å². The third-order valence-corrected chi connectivity index (χ3v) is 6.79. The number of halogens is 4. The van der Waals surface area contributed by atoms with E-state index in [0.717, 1.165) is 61.0 Å². The molecule has 5 nitrogen and oxygen atoms in total. The Morgan fingerprint density at radius 3 is 2.53 bits per heavy atom. The molecule has 0 amide bonds. The maximum absolute atomic E-state index is 12.8. The molecule has 2 aromatic rings. The average Bonchev–Trinajstić information content (AvgIpc) is 3.09. The summed E-state index contributed by atoms with van der Waals surface area (Å²) < 4.78 is 46.5. The molecule has 3 aliphatic rings. The largest absolute Gasteiger partial charge is 0.490 e. The second-order valence-corrected chi connectivity index (χ2v) is 9.09. The lowest BCUT2D eigenvalue weighted by atomic mass is 9.86. The zero-order valence-corrected chi connectivity index (χ0v) is 18.1. The van der Waals surface area contributed by atoms with Gasteiger partial charge < -0.3 is 14.6 Å². The van der Waals surface area contributed by atoms with E-state index in [4.69, 9.17) is 16.3 Å². The van der Waals surface area contributed by atoms with Gasteiger partial charge in [-0.15, -0.1) is 10.2 Å². The van der Waals surface area contributed by atoms with Crippen LogP contribution in [0.3, 0.4) is 0 Å². The molecule has 1 aromatic carbocycles. The summed E-state index contributed by atoms with van der Waals surface area (Å²) in [6, 6.07) is 5.07. The molecule has 170 valence electrons. The van der Waals surface area contributed by atoms with Crippen molar-refractivity contribution in [2.45, 2.75) is 56.5 Å². The summed E-state index contributed by atoms with van der Waals surface area (Å²) in [5.74, 6) is 2.94. The number of allylic oxidation sites excluding steroid dienone is 3. The number of aromatic nitrogens is 3. The van der Waals surface area contributed by atoms with Crippen molar-refractivity contribution in [3.8, 4) is 5.75 Å². The Hall–Kier alpha value is -2.32. The van der Waals surface area contributed by atoms with Crippen LogP contribution in [0.2, 0.25) is 0 Å². The van der Waals surface area contributed by atoms with E-state index in [2.05, 4.69) is 32.2 Å². The highest BCUT2D eigenvalue weighted by Gasteiger charge is 2.34. The molecular formula is C23H24ClF3N4O. The van der Waals surface area contributed by atoms with E-state index >= 15 is 0 Å². The average molecular weight is 465 g/mol. The predicted molar refractivity (Wildman–Crippen MR) is 114 cm³/mol. The number of ether oxygens (including phenoxy) is 1. The minimum absolute atomic E-state index is 0.0137. The lowest BCUT2D eigenvalue weighted by molar-refractivity contribution is -0.137. The first-order valence-electron chi connectivity index (χ1n) is 10.9. The van der Waals surface area contributed by atoms with Crippen LogP contribution in [0, 0.1) is 5.92 Å². The fourth-order valence-electron chi connectivity index (χ4n) is 4.91. The van der Waals surface area contributed by atoms with Gasteiger partial charge >= 0.3 is 6.18 Å². The van der Waals surface area contributed by atoms with Crippen molar-refractivity contribution in [3.63, 3.8) is 0 Å². The number of alkyl halides is 3. The number of benzene rings is 1. The van der Waals surface area contributed by atoms with Crippen molar-refractivity contribution >= 4 is 11.6 Å². The van der Waals surface area contributed by atoms with Crippen molar-refractivity contribution in [2.75, 3.05) is 6.54 Å². The van der Waals surface area contributed by atoms with E-state index < -0.39 is 11.7 Å². The van der Waals surface area contributed by atoms with Crippen molar-refractivity contribution in [1.82, 2.24) is 20.1 Å². The number of fused-ring (bicyclic) bond motifs is 3. The predicted octanol–water partition coefficient (Wildman–Crippen LogP) is 5.36. The van der Waals surface area contributed by atoms with Crippen LogP contribution in [-0.4, -0.2) is 27.4 Å². The van der Waals surface area contributed by atoms with Crippen LogP contribution in [0.5, 0.6) is 5.75 Å². The van der Waals surface area contributed by atoms with Gasteiger partial charge in [0.05, 0.1) is 24.3 Å². The lowest BCUT2D eigenvalue weighted by Gasteiger charge is -2.31. The third-order valence-electron chi connectivity index (χ3n) is 6.54. The molecule has 1 aliphatic heterocycles. The maximum Gasteiger partial charge on any atom is 0.416 e. The summed E-state index contributed by atoms with van der Waals surface area (Å²) in [4.78, 5) is 0. The Labute approximate surface area is 189 Å². The molecule has 2 heterocycles. The van der Waals surface area contributed by atoms with Gasteiger partial charge in [0.1, 0.15) is 17.4 Å². The van der Waals surface area contributed by atoms with Gasteiger partial charge in [-0.3, -0.25) is 0 Å². The van der Waals surface area contributed by atoms with E-state index in [1.54, 1.807) is 0 Å². The molecule has 9 heteroatoms. The van der Waals surface area contributed by atoms with Crippen LogP contribution >= 0.6 is 11.6 Å². The van der Waals surface area contributed by atoms with Crippen LogP contribution in [-0.2, 0) is 12.7 Å². The molecule has 2 aliphatic carbocycles. The van der Waals surface area contributed by atoms with Gasteiger partial charge in [-0.25, -0.2) is 0 Å². The Bertz CT molecular complexity index is 1020. The molecule has 1 N–H and O–H groups in total. The van der Waals surface area contributed by atoms with Crippen LogP contribution in [0.1, 0.15) is 54.9 Å². The van der Waals surface area contributed by atoms with Gasteiger partial charge in [0.2, 0.25) is 0 Å². The third kappa shape index (κ3) is 4.30. The fraction of sp³-hybridized carbons (Fsp3) is 0.478. The number of nitrogens with one attached hydrogen (secondary N) is 1. The van der Waals surface area contributed by atoms with Crippen LogP contribution in [0.25, 0.3) is 0 Å². The van der Waals surface area contributed by atoms with Crippen molar-refractivity contribution in [1.29, 1.82) is 0 Å². The highest BCUT2D eigenvalue weighted by atomic mass is 35.5. The summed E-state index contributed by atoms with van der Waals surface area (Å²) in [6.07, 6.45) is 5.25. The van der Waals surface area contributed by atoms with Crippen molar-refractivity contribution < 1.29 is 17.9 Å². The van der Waals surface area contributed by atoms with Crippen LogP contribution < -0.4 is 10.1 Å². The molecule has 2 unspecified atom stereocenters. The maximum atomic E-state index is 12.8. The molecule has 0 bridgehead atoms. The van der Waals surface area contributed by atoms with Gasteiger partial charge in [-0.1, -0.05) is 23.8 Å². The lowest BCUT2D eigenvalue weighted by Crippen LogP contribution is -2.28. The molecule has 0 saturated heterocycles. The Morgan fingerprint density at radius 1 is 1.06 bits per heavy atom.